The number of hydrogen-bond donors (Lipinski definition) is 0. The Labute approximate surface area is 150 Å². The molecule has 0 saturated carbocycles. The predicted octanol–water partition coefficient (Wildman–Crippen LogP) is 2.94. The molecule has 0 amide bonds. The third kappa shape index (κ3) is 2.43. The Kier molecular flexibility index (Phi) is 3.43. The zero-order chi connectivity index (χ0) is 18.1. The summed E-state index contributed by atoms with van der Waals surface area (Å²) in [5, 5.41) is 4.81. The van der Waals surface area contributed by atoms with Gasteiger partial charge in [0.05, 0.1) is 0 Å². The van der Waals surface area contributed by atoms with Crippen LogP contribution in [0.3, 0.4) is 0 Å². The smallest absolute Gasteiger partial charge is 0.299 e. The van der Waals surface area contributed by atoms with Crippen LogP contribution < -0.4 is 10.6 Å². The molecule has 1 atom stereocenters. The Balaban J connectivity index is 1.88. The number of hydrogen-bond acceptors (Lipinski definition) is 4. The standard InChI is InChI=1S/C20H28BN3O/c1-13-8-9-15-16-11-23(21(7)10-17(16)25-18(15)22-13)24-14(2)19(3,4)12-20(24,5)6/h8-11,14H,12H2,1-7H3/t14-/m0/s1. The molecule has 4 rings (SSSR count). The quantitative estimate of drug-likeness (QED) is 0.749. The van der Waals surface area contributed by atoms with E-state index in [1.54, 1.807) is 0 Å². The lowest BCUT2D eigenvalue weighted by molar-refractivity contribution is 0.00245. The van der Waals surface area contributed by atoms with Crippen molar-refractivity contribution in [2.75, 3.05) is 0 Å². The van der Waals surface area contributed by atoms with Crippen LogP contribution in [0.5, 0.6) is 0 Å². The van der Waals surface area contributed by atoms with Gasteiger partial charge in [0.15, 0.2) is 0 Å². The Bertz CT molecular complexity index is 959. The Hall–Kier alpha value is -1.75. The second-order valence-electron chi connectivity index (χ2n) is 9.10. The number of nitrogens with zero attached hydrogens (tertiary/aromatic N) is 3. The number of furan rings is 1. The van der Waals surface area contributed by atoms with Gasteiger partial charge >= 0.3 is 0 Å². The van der Waals surface area contributed by atoms with Gasteiger partial charge in [-0.3, -0.25) is 0 Å². The lowest BCUT2D eigenvalue weighted by Gasteiger charge is -2.46. The van der Waals surface area contributed by atoms with Crippen molar-refractivity contribution in [3.63, 3.8) is 0 Å². The molecule has 0 N–H and O–H groups in total. The van der Waals surface area contributed by atoms with Gasteiger partial charge in [0.2, 0.25) is 5.71 Å². The Morgan fingerprint density at radius 2 is 1.96 bits per heavy atom. The van der Waals surface area contributed by atoms with Crippen LogP contribution in [-0.4, -0.2) is 33.3 Å². The van der Waals surface area contributed by atoms with E-state index in [-0.39, 0.29) is 17.8 Å². The van der Waals surface area contributed by atoms with E-state index in [1.165, 1.54) is 6.42 Å². The van der Waals surface area contributed by atoms with E-state index >= 15 is 0 Å². The maximum atomic E-state index is 6.03. The average Bonchev–Trinajstić information content (AvgIpc) is 2.89. The molecule has 0 aromatic carbocycles. The lowest BCUT2D eigenvalue weighted by Crippen LogP contribution is -2.58. The minimum Gasteiger partial charge on any atom is -0.439 e. The summed E-state index contributed by atoms with van der Waals surface area (Å²) < 4.78 is 6.03. The fourth-order valence-electron chi connectivity index (χ4n) is 4.88. The zero-order valence-corrected chi connectivity index (χ0v) is 16.4. The van der Waals surface area contributed by atoms with Gasteiger partial charge in [0.25, 0.3) is 6.85 Å². The first-order valence-electron chi connectivity index (χ1n) is 9.28. The maximum Gasteiger partial charge on any atom is 0.299 e. The van der Waals surface area contributed by atoms with Gasteiger partial charge in [-0.2, -0.15) is 0 Å². The first-order valence-corrected chi connectivity index (χ1v) is 9.28. The van der Waals surface area contributed by atoms with E-state index < -0.39 is 0 Å². The number of aromatic nitrogens is 1. The molecule has 2 aliphatic heterocycles. The normalized spacial score (nSPS) is 25.0. The molecule has 2 aromatic heterocycles. The van der Waals surface area contributed by atoms with Gasteiger partial charge in [-0.05, 0) is 57.6 Å². The molecule has 25 heavy (non-hydrogen) atoms. The molecule has 2 aliphatic rings. The molecule has 1 saturated heterocycles. The minimum absolute atomic E-state index is 0.118. The van der Waals surface area contributed by atoms with Gasteiger partial charge in [-0.1, -0.05) is 20.7 Å². The summed E-state index contributed by atoms with van der Waals surface area (Å²) >= 11 is 0. The second kappa shape index (κ2) is 5.13. The van der Waals surface area contributed by atoms with Crippen LogP contribution in [0, 0.1) is 12.3 Å². The van der Waals surface area contributed by atoms with Gasteiger partial charge in [0, 0.05) is 34.1 Å². The summed E-state index contributed by atoms with van der Waals surface area (Å²) in [6.45, 7) is 16.3. The van der Waals surface area contributed by atoms with Crippen molar-refractivity contribution >= 4 is 30.1 Å². The Morgan fingerprint density at radius 3 is 2.60 bits per heavy atom. The molecule has 5 heteroatoms. The van der Waals surface area contributed by atoms with Gasteiger partial charge < -0.3 is 9.34 Å². The molecule has 0 unspecified atom stereocenters. The van der Waals surface area contributed by atoms with E-state index in [0.717, 1.165) is 27.4 Å². The van der Waals surface area contributed by atoms with Crippen molar-refractivity contribution in [2.24, 2.45) is 5.41 Å². The summed E-state index contributed by atoms with van der Waals surface area (Å²) in [7, 11) is 0. The first kappa shape index (κ1) is 16.7. The predicted molar refractivity (Wildman–Crippen MR) is 104 cm³/mol. The van der Waals surface area contributed by atoms with Crippen molar-refractivity contribution < 1.29 is 4.42 Å². The number of pyridine rings is 1. The van der Waals surface area contributed by atoms with E-state index in [9.17, 15) is 0 Å². The van der Waals surface area contributed by atoms with Crippen LogP contribution in [-0.2, 0) is 0 Å². The monoisotopic (exact) mass is 337 g/mol. The van der Waals surface area contributed by atoms with Crippen molar-refractivity contribution in [3.8, 4) is 0 Å². The molecule has 0 aliphatic carbocycles. The second-order valence-corrected chi connectivity index (χ2v) is 9.10. The highest BCUT2D eigenvalue weighted by Crippen LogP contribution is 2.47. The molecule has 2 aromatic rings. The number of aryl methyl sites for hydroxylation is 1. The van der Waals surface area contributed by atoms with Crippen LogP contribution in [0.15, 0.2) is 16.5 Å². The van der Waals surface area contributed by atoms with Gasteiger partial charge in [0.1, 0.15) is 5.42 Å². The topological polar surface area (TPSA) is 32.5 Å². The van der Waals surface area contributed by atoms with Crippen molar-refractivity contribution in [1.82, 2.24) is 14.9 Å². The molecule has 0 radical (unpaired) electrons. The highest BCUT2D eigenvalue weighted by Gasteiger charge is 2.51. The molecular formula is C20H28BN3O. The molecule has 132 valence electrons. The largest absolute Gasteiger partial charge is 0.439 e. The highest BCUT2D eigenvalue weighted by atomic mass is 16.3. The third-order valence-electron chi connectivity index (χ3n) is 6.09. The Morgan fingerprint density at radius 1 is 1.24 bits per heavy atom. The van der Waals surface area contributed by atoms with Crippen LogP contribution in [0.2, 0.25) is 6.82 Å². The van der Waals surface area contributed by atoms with Crippen LogP contribution in [0.4, 0.5) is 0 Å². The molecule has 4 heterocycles. The molecule has 0 bridgehead atoms. The first-order chi connectivity index (χ1) is 11.6. The lowest BCUT2D eigenvalue weighted by atomic mass is 9.63. The van der Waals surface area contributed by atoms with E-state index in [2.05, 4.69) is 80.7 Å². The fraction of sp³-hybridized carbons (Fsp3) is 0.550. The summed E-state index contributed by atoms with van der Waals surface area (Å²) in [4.78, 5) is 6.97. The number of hydrazine groups is 1. The third-order valence-corrected chi connectivity index (χ3v) is 6.09. The molecular weight excluding hydrogens is 309 g/mol. The molecule has 4 nitrogen and oxygen atoms in total. The summed E-state index contributed by atoms with van der Waals surface area (Å²) in [5.41, 5.74) is 3.07. The van der Waals surface area contributed by atoms with Crippen LogP contribution >= 0.6 is 0 Å². The van der Waals surface area contributed by atoms with E-state index in [1.807, 2.05) is 6.92 Å². The van der Waals surface area contributed by atoms with E-state index in [4.69, 9.17) is 4.42 Å². The van der Waals surface area contributed by atoms with Crippen molar-refractivity contribution in [1.29, 1.82) is 0 Å². The molecule has 0 spiro atoms. The van der Waals surface area contributed by atoms with Crippen molar-refractivity contribution in [3.05, 3.63) is 28.5 Å². The molecule has 1 fully saturated rings. The van der Waals surface area contributed by atoms with Gasteiger partial charge in [-0.25, -0.2) is 9.99 Å². The van der Waals surface area contributed by atoms with Crippen molar-refractivity contribution in [2.45, 2.75) is 66.4 Å². The fourth-order valence-corrected chi connectivity index (χ4v) is 4.88. The highest BCUT2D eigenvalue weighted by molar-refractivity contribution is 6.70. The average molecular weight is 337 g/mol. The van der Waals surface area contributed by atoms with Crippen LogP contribution in [0.1, 0.15) is 46.7 Å². The maximum absolute atomic E-state index is 6.03. The van der Waals surface area contributed by atoms with E-state index in [0.29, 0.717) is 6.04 Å². The van der Waals surface area contributed by atoms with Crippen LogP contribution in [0.25, 0.3) is 23.3 Å². The minimum atomic E-state index is 0.118. The number of rotatable bonds is 1. The number of fused-ring (bicyclic) bond motifs is 3. The zero-order valence-electron chi connectivity index (χ0n) is 16.4. The van der Waals surface area contributed by atoms with Gasteiger partial charge in [-0.15, -0.1) is 0 Å². The summed E-state index contributed by atoms with van der Waals surface area (Å²) in [6, 6.07) is 4.65. The SMILES string of the molecule is CB1C=c2oc3nc(C)ccc3c2=CN1N1[C@@H](C)C(C)(C)CC1(C)C. The summed E-state index contributed by atoms with van der Waals surface area (Å²) in [5.74, 6) is 2.22. The summed E-state index contributed by atoms with van der Waals surface area (Å²) in [6.07, 6.45) is 3.44.